The van der Waals surface area contributed by atoms with Gasteiger partial charge >= 0.3 is 0 Å². The van der Waals surface area contributed by atoms with Crippen molar-refractivity contribution in [3.63, 3.8) is 0 Å². The molecule has 0 atom stereocenters. The second-order valence-corrected chi connectivity index (χ2v) is 7.23. The molecule has 106 valence electrons. The van der Waals surface area contributed by atoms with Gasteiger partial charge in [-0.05, 0) is 31.5 Å². The van der Waals surface area contributed by atoms with Crippen molar-refractivity contribution in [2.24, 2.45) is 5.73 Å². The van der Waals surface area contributed by atoms with E-state index in [1.807, 2.05) is 13.8 Å². The number of nitrogens with zero attached hydrogens (tertiary/aromatic N) is 1. The summed E-state index contributed by atoms with van der Waals surface area (Å²) < 4.78 is 32.0. The Labute approximate surface area is 114 Å². The molecular weight excluding hydrogens is 264 g/mol. The zero-order valence-corrected chi connectivity index (χ0v) is 12.1. The molecule has 5 nitrogen and oxygen atoms in total. The van der Waals surface area contributed by atoms with Gasteiger partial charge in [0.1, 0.15) is 0 Å². The summed E-state index contributed by atoms with van der Waals surface area (Å²) in [5.74, 6) is 0. The van der Waals surface area contributed by atoms with Crippen LogP contribution in [0, 0.1) is 0 Å². The first-order valence-electron chi connectivity index (χ1n) is 6.28. The maximum absolute atomic E-state index is 12.5. The molecular formula is C13H20N2O3S. The summed E-state index contributed by atoms with van der Waals surface area (Å²) in [4.78, 5) is 0.308. The van der Waals surface area contributed by atoms with Crippen LogP contribution in [-0.4, -0.2) is 38.0 Å². The van der Waals surface area contributed by atoms with Gasteiger partial charge in [0.15, 0.2) is 0 Å². The van der Waals surface area contributed by atoms with Crippen LogP contribution in [0.4, 0.5) is 0 Å². The van der Waals surface area contributed by atoms with Crippen molar-refractivity contribution in [2.75, 3.05) is 19.7 Å². The van der Waals surface area contributed by atoms with Gasteiger partial charge in [0.25, 0.3) is 0 Å². The van der Waals surface area contributed by atoms with E-state index in [1.165, 1.54) is 4.31 Å². The van der Waals surface area contributed by atoms with E-state index in [0.717, 1.165) is 5.56 Å². The lowest BCUT2D eigenvalue weighted by molar-refractivity contribution is -0.0640. The molecule has 1 aliphatic heterocycles. The second kappa shape index (κ2) is 5.20. The zero-order valence-electron chi connectivity index (χ0n) is 11.3. The van der Waals surface area contributed by atoms with Crippen LogP contribution in [0.3, 0.4) is 0 Å². The predicted octanol–water partition coefficient (Wildman–Crippen LogP) is 0.945. The Bertz CT molecular complexity index is 538. The fraction of sp³-hybridized carbons (Fsp3) is 0.538. The summed E-state index contributed by atoms with van der Waals surface area (Å²) in [7, 11) is -3.45. The summed E-state index contributed by atoms with van der Waals surface area (Å²) in [6, 6.07) is 6.72. The van der Waals surface area contributed by atoms with E-state index in [2.05, 4.69) is 0 Å². The van der Waals surface area contributed by atoms with Crippen LogP contribution >= 0.6 is 0 Å². The monoisotopic (exact) mass is 284 g/mol. The highest BCUT2D eigenvalue weighted by molar-refractivity contribution is 7.89. The van der Waals surface area contributed by atoms with Gasteiger partial charge in [-0.15, -0.1) is 0 Å². The minimum Gasteiger partial charge on any atom is -0.373 e. The van der Waals surface area contributed by atoms with Crippen molar-refractivity contribution in [2.45, 2.75) is 30.9 Å². The number of rotatable bonds is 3. The summed E-state index contributed by atoms with van der Waals surface area (Å²) >= 11 is 0. The third kappa shape index (κ3) is 3.14. The number of hydrogen-bond acceptors (Lipinski definition) is 4. The number of sulfonamides is 1. The molecule has 1 aromatic rings. The number of hydrogen-bond donors (Lipinski definition) is 1. The molecule has 0 saturated carbocycles. The van der Waals surface area contributed by atoms with Gasteiger partial charge in [0, 0.05) is 19.6 Å². The minimum atomic E-state index is -3.45. The molecule has 1 heterocycles. The number of nitrogens with two attached hydrogens (primary N) is 1. The average molecular weight is 284 g/mol. The molecule has 2 N–H and O–H groups in total. The van der Waals surface area contributed by atoms with Crippen LogP contribution in [0.25, 0.3) is 0 Å². The molecule has 0 spiro atoms. The van der Waals surface area contributed by atoms with Crippen LogP contribution in [-0.2, 0) is 21.3 Å². The Hall–Kier alpha value is -0.950. The van der Waals surface area contributed by atoms with Crippen molar-refractivity contribution in [3.8, 4) is 0 Å². The summed E-state index contributed by atoms with van der Waals surface area (Å²) in [5, 5.41) is 0. The maximum atomic E-state index is 12.5. The van der Waals surface area contributed by atoms with Gasteiger partial charge in [-0.2, -0.15) is 4.31 Å². The Morgan fingerprint density at radius 3 is 2.47 bits per heavy atom. The molecule has 1 aromatic carbocycles. The quantitative estimate of drug-likeness (QED) is 0.896. The largest absolute Gasteiger partial charge is 0.373 e. The fourth-order valence-electron chi connectivity index (χ4n) is 2.12. The van der Waals surface area contributed by atoms with Gasteiger partial charge in [0.05, 0.1) is 17.1 Å². The molecule has 2 rings (SSSR count). The number of ether oxygens (including phenoxy) is 1. The molecule has 6 heteroatoms. The Morgan fingerprint density at radius 2 is 1.95 bits per heavy atom. The van der Waals surface area contributed by atoms with Gasteiger partial charge in [0.2, 0.25) is 10.0 Å². The highest BCUT2D eigenvalue weighted by Crippen LogP contribution is 2.23. The molecule has 0 aliphatic carbocycles. The first-order valence-corrected chi connectivity index (χ1v) is 7.72. The average Bonchev–Trinajstić information content (AvgIpc) is 2.37. The lowest BCUT2D eigenvalue weighted by Crippen LogP contribution is -2.50. The third-order valence-corrected chi connectivity index (χ3v) is 5.05. The first kappa shape index (κ1) is 14.5. The Morgan fingerprint density at radius 1 is 1.32 bits per heavy atom. The van der Waals surface area contributed by atoms with Crippen LogP contribution in [0.2, 0.25) is 0 Å². The van der Waals surface area contributed by atoms with Gasteiger partial charge in [-0.1, -0.05) is 12.1 Å². The highest BCUT2D eigenvalue weighted by Gasteiger charge is 2.34. The van der Waals surface area contributed by atoms with Crippen LogP contribution < -0.4 is 5.73 Å². The molecule has 1 fully saturated rings. The van der Waals surface area contributed by atoms with E-state index in [0.29, 0.717) is 31.1 Å². The Balaban J connectivity index is 2.26. The zero-order chi connectivity index (χ0) is 14.1. The standard InChI is InChI=1S/C13H20N2O3S/c1-13(2)10-15(7-8-18-13)19(16,17)12-5-3-11(9-14)4-6-12/h3-6H,7-10,14H2,1-2H3. The van der Waals surface area contributed by atoms with Crippen LogP contribution in [0.5, 0.6) is 0 Å². The topological polar surface area (TPSA) is 72.6 Å². The van der Waals surface area contributed by atoms with Crippen molar-refractivity contribution in [3.05, 3.63) is 29.8 Å². The first-order chi connectivity index (χ1) is 8.85. The van der Waals surface area contributed by atoms with E-state index < -0.39 is 15.6 Å². The SMILES string of the molecule is CC1(C)CN(S(=O)(=O)c2ccc(CN)cc2)CCO1. The van der Waals surface area contributed by atoms with Gasteiger partial charge < -0.3 is 10.5 Å². The molecule has 0 unspecified atom stereocenters. The lowest BCUT2D eigenvalue weighted by atomic mass is 10.1. The van der Waals surface area contributed by atoms with E-state index in [9.17, 15) is 8.42 Å². The van der Waals surface area contributed by atoms with Crippen LogP contribution in [0.1, 0.15) is 19.4 Å². The molecule has 0 aromatic heterocycles. The maximum Gasteiger partial charge on any atom is 0.243 e. The summed E-state index contributed by atoms with van der Waals surface area (Å²) in [5.41, 5.74) is 5.99. The van der Waals surface area contributed by atoms with Crippen molar-refractivity contribution in [1.82, 2.24) is 4.31 Å². The van der Waals surface area contributed by atoms with E-state index in [1.54, 1.807) is 24.3 Å². The van der Waals surface area contributed by atoms with Crippen LogP contribution in [0.15, 0.2) is 29.2 Å². The molecule has 0 amide bonds. The molecule has 1 saturated heterocycles. The summed E-state index contributed by atoms with van der Waals surface area (Å²) in [6.07, 6.45) is 0. The number of benzene rings is 1. The van der Waals surface area contributed by atoms with Crippen molar-refractivity contribution >= 4 is 10.0 Å². The normalized spacial score (nSPS) is 20.4. The highest BCUT2D eigenvalue weighted by atomic mass is 32.2. The van der Waals surface area contributed by atoms with Crippen molar-refractivity contribution in [1.29, 1.82) is 0 Å². The smallest absolute Gasteiger partial charge is 0.243 e. The van der Waals surface area contributed by atoms with Crippen molar-refractivity contribution < 1.29 is 13.2 Å². The third-order valence-electron chi connectivity index (χ3n) is 3.19. The molecule has 0 radical (unpaired) electrons. The molecule has 1 aliphatic rings. The lowest BCUT2D eigenvalue weighted by Gasteiger charge is -2.37. The molecule has 0 bridgehead atoms. The van der Waals surface area contributed by atoms with E-state index >= 15 is 0 Å². The Kier molecular flexibility index (Phi) is 3.96. The van der Waals surface area contributed by atoms with E-state index in [4.69, 9.17) is 10.5 Å². The van der Waals surface area contributed by atoms with Gasteiger partial charge in [-0.25, -0.2) is 8.42 Å². The second-order valence-electron chi connectivity index (χ2n) is 5.29. The number of morpholine rings is 1. The molecule has 19 heavy (non-hydrogen) atoms. The predicted molar refractivity (Wildman–Crippen MR) is 73.1 cm³/mol. The van der Waals surface area contributed by atoms with Gasteiger partial charge in [-0.3, -0.25) is 0 Å². The fourth-order valence-corrected chi connectivity index (χ4v) is 3.70. The summed E-state index contributed by atoms with van der Waals surface area (Å²) in [6.45, 7) is 5.38. The van der Waals surface area contributed by atoms with E-state index in [-0.39, 0.29) is 0 Å². The minimum absolute atomic E-state index is 0.308.